The van der Waals surface area contributed by atoms with E-state index < -0.39 is 18.6 Å². The molecule has 0 radical (unpaired) electrons. The van der Waals surface area contributed by atoms with Crippen LogP contribution < -0.4 is 5.32 Å². The molecule has 0 unspecified atom stereocenters. The molecule has 1 aliphatic rings. The zero-order valence-corrected chi connectivity index (χ0v) is 11.2. The summed E-state index contributed by atoms with van der Waals surface area (Å²) < 4.78 is 36.5. The first-order chi connectivity index (χ1) is 9.37. The van der Waals surface area contributed by atoms with E-state index in [4.69, 9.17) is 0 Å². The second-order valence-electron chi connectivity index (χ2n) is 5.03. The van der Waals surface area contributed by atoms with Gasteiger partial charge in [0.1, 0.15) is 0 Å². The summed E-state index contributed by atoms with van der Waals surface area (Å²) in [6.07, 6.45) is -4.69. The second-order valence-corrected chi connectivity index (χ2v) is 5.03. The number of halogens is 3. The van der Waals surface area contributed by atoms with Crippen LogP contribution in [0.15, 0.2) is 24.3 Å². The Balaban J connectivity index is 1.94. The van der Waals surface area contributed by atoms with E-state index in [1.807, 2.05) is 24.3 Å². The highest BCUT2D eigenvalue weighted by molar-refractivity contribution is 5.82. The van der Waals surface area contributed by atoms with Crippen molar-refractivity contribution in [2.75, 3.05) is 13.6 Å². The Morgan fingerprint density at radius 2 is 2.00 bits per heavy atom. The van der Waals surface area contributed by atoms with Gasteiger partial charge in [0, 0.05) is 20.1 Å². The Kier molecular flexibility index (Phi) is 4.32. The third kappa shape index (κ3) is 3.72. The minimum Gasteiger partial charge on any atom is -0.344 e. The molecule has 1 atom stereocenters. The van der Waals surface area contributed by atoms with Crippen LogP contribution in [0.3, 0.4) is 0 Å². The van der Waals surface area contributed by atoms with Gasteiger partial charge in [-0.3, -0.25) is 4.79 Å². The maximum absolute atomic E-state index is 12.2. The van der Waals surface area contributed by atoms with E-state index in [2.05, 4.69) is 5.32 Å². The molecule has 0 saturated carbocycles. The third-order valence-electron chi connectivity index (χ3n) is 3.49. The fourth-order valence-electron chi connectivity index (χ4n) is 2.30. The first-order valence-corrected chi connectivity index (χ1v) is 6.49. The van der Waals surface area contributed by atoms with Crippen molar-refractivity contribution in [3.63, 3.8) is 0 Å². The Morgan fingerprint density at radius 3 is 2.65 bits per heavy atom. The summed E-state index contributed by atoms with van der Waals surface area (Å²) >= 11 is 0. The molecule has 1 aliphatic heterocycles. The van der Waals surface area contributed by atoms with Crippen molar-refractivity contribution in [2.24, 2.45) is 0 Å². The predicted octanol–water partition coefficient (Wildman–Crippen LogP) is 2.11. The number of nitrogens with zero attached hydrogens (tertiary/aromatic N) is 1. The van der Waals surface area contributed by atoms with Gasteiger partial charge in [-0.05, 0) is 17.5 Å². The van der Waals surface area contributed by atoms with Crippen LogP contribution >= 0.6 is 0 Å². The number of amides is 1. The number of benzene rings is 1. The average molecular weight is 286 g/mol. The normalized spacial score (nSPS) is 18.5. The van der Waals surface area contributed by atoms with Crippen LogP contribution in [0.5, 0.6) is 0 Å². The van der Waals surface area contributed by atoms with Crippen molar-refractivity contribution in [3.8, 4) is 0 Å². The molecule has 1 aromatic rings. The molecule has 2 rings (SSSR count). The summed E-state index contributed by atoms with van der Waals surface area (Å²) in [5, 5.41) is 3.08. The standard InChI is InChI=1S/C14H17F3N2O/c1-19(7-6-14(15,16)17)13(20)12-8-10-4-2-3-5-11(10)9-18-12/h2-5,12,18H,6-9H2,1H3/t12-/m1/s1. The van der Waals surface area contributed by atoms with Gasteiger partial charge in [-0.25, -0.2) is 0 Å². The predicted molar refractivity (Wildman–Crippen MR) is 69.1 cm³/mol. The van der Waals surface area contributed by atoms with Gasteiger partial charge in [-0.15, -0.1) is 0 Å². The maximum atomic E-state index is 12.2. The summed E-state index contributed by atoms with van der Waals surface area (Å²) in [4.78, 5) is 13.3. The minimum atomic E-state index is -4.23. The van der Waals surface area contributed by atoms with Crippen LogP contribution in [-0.2, 0) is 17.8 Å². The highest BCUT2D eigenvalue weighted by Crippen LogP contribution is 2.21. The summed E-state index contributed by atoms with van der Waals surface area (Å²) in [6, 6.07) is 7.32. The molecule has 0 spiro atoms. The molecule has 1 amide bonds. The van der Waals surface area contributed by atoms with Crippen molar-refractivity contribution in [2.45, 2.75) is 31.6 Å². The highest BCUT2D eigenvalue weighted by atomic mass is 19.4. The molecule has 0 aliphatic carbocycles. The average Bonchev–Trinajstić information content (AvgIpc) is 2.42. The number of hydrogen-bond acceptors (Lipinski definition) is 2. The molecular formula is C14H17F3N2O. The fraction of sp³-hybridized carbons (Fsp3) is 0.500. The van der Waals surface area contributed by atoms with E-state index in [1.54, 1.807) is 0 Å². The van der Waals surface area contributed by atoms with Gasteiger partial charge in [-0.2, -0.15) is 13.2 Å². The van der Waals surface area contributed by atoms with Gasteiger partial charge in [-0.1, -0.05) is 24.3 Å². The van der Waals surface area contributed by atoms with Crippen LogP contribution in [0.4, 0.5) is 13.2 Å². The van der Waals surface area contributed by atoms with Gasteiger partial charge in [0.2, 0.25) is 5.91 Å². The van der Waals surface area contributed by atoms with Crippen molar-refractivity contribution in [1.29, 1.82) is 0 Å². The Bertz CT molecular complexity index is 488. The van der Waals surface area contributed by atoms with Crippen LogP contribution in [-0.4, -0.2) is 36.6 Å². The topological polar surface area (TPSA) is 32.3 Å². The number of likely N-dealkylation sites (N-methyl/N-ethyl adjacent to an activating group) is 1. The molecular weight excluding hydrogens is 269 g/mol. The lowest BCUT2D eigenvalue weighted by Gasteiger charge is -2.29. The fourth-order valence-corrected chi connectivity index (χ4v) is 2.30. The van der Waals surface area contributed by atoms with Gasteiger partial charge < -0.3 is 10.2 Å². The number of nitrogens with one attached hydrogen (secondary N) is 1. The van der Waals surface area contributed by atoms with Crippen LogP contribution in [0.1, 0.15) is 17.5 Å². The SMILES string of the molecule is CN(CCC(F)(F)F)C(=O)[C@H]1Cc2ccccc2CN1. The first-order valence-electron chi connectivity index (χ1n) is 6.49. The molecule has 1 heterocycles. The van der Waals surface area contributed by atoms with Gasteiger partial charge >= 0.3 is 6.18 Å². The number of rotatable bonds is 3. The minimum absolute atomic E-state index is 0.288. The van der Waals surface area contributed by atoms with Crippen LogP contribution in [0.25, 0.3) is 0 Å². The molecule has 0 saturated heterocycles. The zero-order chi connectivity index (χ0) is 14.8. The van der Waals surface area contributed by atoms with E-state index >= 15 is 0 Å². The number of hydrogen-bond donors (Lipinski definition) is 1. The lowest BCUT2D eigenvalue weighted by Crippen LogP contribution is -2.48. The molecule has 1 N–H and O–H groups in total. The Labute approximate surface area is 115 Å². The summed E-state index contributed by atoms with van der Waals surface area (Å²) in [6.45, 7) is 0.266. The smallest absolute Gasteiger partial charge is 0.344 e. The molecule has 3 nitrogen and oxygen atoms in total. The molecule has 0 fully saturated rings. The number of carbonyl (C=O) groups excluding carboxylic acids is 1. The summed E-state index contributed by atoms with van der Waals surface area (Å²) in [7, 11) is 1.41. The van der Waals surface area contributed by atoms with Gasteiger partial charge in [0.15, 0.2) is 0 Å². The molecule has 0 bridgehead atoms. The van der Waals surface area contributed by atoms with Crippen molar-refractivity contribution in [1.82, 2.24) is 10.2 Å². The largest absolute Gasteiger partial charge is 0.390 e. The highest BCUT2D eigenvalue weighted by Gasteiger charge is 2.30. The zero-order valence-electron chi connectivity index (χ0n) is 11.2. The summed E-state index contributed by atoms with van der Waals surface area (Å²) in [5.41, 5.74) is 2.21. The van der Waals surface area contributed by atoms with Crippen molar-refractivity contribution < 1.29 is 18.0 Å². The van der Waals surface area contributed by atoms with E-state index in [1.165, 1.54) is 7.05 Å². The summed E-state index contributed by atoms with van der Waals surface area (Å²) in [5.74, 6) is -0.288. The quantitative estimate of drug-likeness (QED) is 0.923. The van der Waals surface area contributed by atoms with E-state index in [9.17, 15) is 18.0 Å². The molecule has 1 aromatic carbocycles. The lowest BCUT2D eigenvalue weighted by molar-refractivity contribution is -0.145. The monoisotopic (exact) mass is 286 g/mol. The lowest BCUT2D eigenvalue weighted by atomic mass is 9.95. The molecule has 6 heteroatoms. The number of fused-ring (bicyclic) bond motifs is 1. The van der Waals surface area contributed by atoms with Crippen molar-refractivity contribution in [3.05, 3.63) is 35.4 Å². The van der Waals surface area contributed by atoms with E-state index in [0.717, 1.165) is 16.0 Å². The number of alkyl halides is 3. The molecule has 0 aromatic heterocycles. The van der Waals surface area contributed by atoms with Crippen LogP contribution in [0.2, 0.25) is 0 Å². The Morgan fingerprint density at radius 1 is 1.35 bits per heavy atom. The third-order valence-corrected chi connectivity index (χ3v) is 3.49. The Hall–Kier alpha value is -1.56. The maximum Gasteiger partial charge on any atom is 0.390 e. The van der Waals surface area contributed by atoms with E-state index in [-0.39, 0.29) is 12.5 Å². The van der Waals surface area contributed by atoms with Crippen molar-refractivity contribution >= 4 is 5.91 Å². The molecule has 20 heavy (non-hydrogen) atoms. The molecule has 110 valence electrons. The number of carbonyl (C=O) groups is 1. The van der Waals surface area contributed by atoms with Gasteiger partial charge in [0.05, 0.1) is 12.5 Å². The van der Waals surface area contributed by atoms with Gasteiger partial charge in [0.25, 0.3) is 0 Å². The van der Waals surface area contributed by atoms with E-state index in [0.29, 0.717) is 13.0 Å². The first kappa shape index (κ1) is 14.8. The van der Waals surface area contributed by atoms with Crippen LogP contribution in [0, 0.1) is 0 Å². The second kappa shape index (κ2) is 5.83.